The number of aromatic nitrogens is 1. The molecule has 0 unspecified atom stereocenters. The van der Waals surface area contributed by atoms with Crippen LogP contribution in [0.25, 0.3) is 0 Å². The zero-order valence-electron chi connectivity index (χ0n) is 11.0. The lowest BCUT2D eigenvalue weighted by molar-refractivity contribution is 0.0602. The van der Waals surface area contributed by atoms with Crippen LogP contribution < -0.4 is 11.1 Å². The lowest BCUT2D eigenvalue weighted by atomic mass is 9.98. The van der Waals surface area contributed by atoms with Crippen LogP contribution in [0.2, 0.25) is 0 Å². The zero-order valence-corrected chi connectivity index (χ0v) is 11.0. The van der Waals surface area contributed by atoms with Gasteiger partial charge < -0.3 is 15.8 Å². The van der Waals surface area contributed by atoms with Crippen molar-refractivity contribution in [2.75, 3.05) is 18.2 Å². The molecule has 1 saturated carbocycles. The number of anilines is 2. The number of pyridine rings is 1. The van der Waals surface area contributed by atoms with Crippen LogP contribution in [-0.4, -0.2) is 23.6 Å². The van der Waals surface area contributed by atoms with Gasteiger partial charge in [0.1, 0.15) is 5.82 Å². The Morgan fingerprint density at radius 1 is 1.56 bits per heavy atom. The monoisotopic (exact) mass is 249 g/mol. The molecule has 0 atom stereocenters. The van der Waals surface area contributed by atoms with E-state index in [2.05, 4.69) is 28.9 Å². The Hall–Kier alpha value is -1.78. The summed E-state index contributed by atoms with van der Waals surface area (Å²) < 4.78 is 4.69. The highest BCUT2D eigenvalue weighted by molar-refractivity contribution is 5.97. The van der Waals surface area contributed by atoms with Gasteiger partial charge in [-0.25, -0.2) is 9.78 Å². The van der Waals surface area contributed by atoms with Crippen molar-refractivity contribution in [3.63, 3.8) is 0 Å². The predicted octanol–water partition coefficient (Wildman–Crippen LogP) is 2.05. The number of nitrogens with zero attached hydrogens (tertiary/aromatic N) is 1. The number of nitrogens with two attached hydrogens (primary N) is 1. The SMILES string of the molecule is COC(=O)c1ccnc(NC(C)(C)C2CC2)c1N. The molecule has 1 aliphatic carbocycles. The molecule has 1 fully saturated rings. The van der Waals surface area contributed by atoms with E-state index >= 15 is 0 Å². The summed E-state index contributed by atoms with van der Waals surface area (Å²) in [5.74, 6) is 0.748. The Kier molecular flexibility index (Phi) is 3.15. The molecular weight excluding hydrogens is 230 g/mol. The maximum atomic E-state index is 11.5. The molecule has 0 spiro atoms. The van der Waals surface area contributed by atoms with E-state index in [1.165, 1.54) is 20.0 Å². The fraction of sp³-hybridized carbons (Fsp3) is 0.538. The number of hydrogen-bond acceptors (Lipinski definition) is 5. The van der Waals surface area contributed by atoms with Gasteiger partial charge in [0, 0.05) is 11.7 Å². The number of ether oxygens (including phenoxy) is 1. The van der Waals surface area contributed by atoms with Gasteiger partial charge in [-0.3, -0.25) is 0 Å². The average Bonchev–Trinajstić information content (AvgIpc) is 3.15. The van der Waals surface area contributed by atoms with Crippen molar-refractivity contribution >= 4 is 17.5 Å². The summed E-state index contributed by atoms with van der Waals surface area (Å²) in [7, 11) is 1.34. The first-order valence-corrected chi connectivity index (χ1v) is 6.06. The second-order valence-corrected chi connectivity index (χ2v) is 5.23. The molecule has 0 bridgehead atoms. The van der Waals surface area contributed by atoms with E-state index in [4.69, 9.17) is 5.73 Å². The maximum Gasteiger partial charge on any atom is 0.340 e. The number of methoxy groups -OCH3 is 1. The first kappa shape index (κ1) is 12.7. The normalized spacial score (nSPS) is 15.3. The number of nitrogen functional groups attached to an aromatic ring is 1. The van der Waals surface area contributed by atoms with E-state index in [0.717, 1.165) is 0 Å². The standard InChI is InChI=1S/C13H19N3O2/c1-13(2,8-4-5-8)16-11-10(14)9(6-7-15-11)12(17)18-3/h6-8H,4-5,14H2,1-3H3,(H,15,16). The molecule has 0 radical (unpaired) electrons. The van der Waals surface area contributed by atoms with Crippen LogP contribution in [0.5, 0.6) is 0 Å². The molecular formula is C13H19N3O2. The van der Waals surface area contributed by atoms with Crippen LogP contribution in [0.3, 0.4) is 0 Å². The maximum absolute atomic E-state index is 11.5. The first-order valence-electron chi connectivity index (χ1n) is 6.06. The average molecular weight is 249 g/mol. The van der Waals surface area contributed by atoms with Crippen LogP contribution in [-0.2, 0) is 4.74 Å². The second-order valence-electron chi connectivity index (χ2n) is 5.23. The van der Waals surface area contributed by atoms with Crippen molar-refractivity contribution in [3.05, 3.63) is 17.8 Å². The summed E-state index contributed by atoms with van der Waals surface area (Å²) in [4.78, 5) is 15.7. The van der Waals surface area contributed by atoms with Gasteiger partial charge in [-0.2, -0.15) is 0 Å². The minimum Gasteiger partial charge on any atom is -0.465 e. The fourth-order valence-corrected chi connectivity index (χ4v) is 2.07. The van der Waals surface area contributed by atoms with Crippen molar-refractivity contribution in [3.8, 4) is 0 Å². The summed E-state index contributed by atoms with van der Waals surface area (Å²) in [6, 6.07) is 1.57. The topological polar surface area (TPSA) is 77.2 Å². The summed E-state index contributed by atoms with van der Waals surface area (Å²) in [6.45, 7) is 4.24. The molecule has 5 nitrogen and oxygen atoms in total. The van der Waals surface area contributed by atoms with Crippen molar-refractivity contribution in [1.29, 1.82) is 0 Å². The van der Waals surface area contributed by atoms with E-state index in [-0.39, 0.29) is 5.54 Å². The van der Waals surface area contributed by atoms with Crippen LogP contribution in [0.15, 0.2) is 12.3 Å². The Labute approximate surface area is 107 Å². The highest BCUT2D eigenvalue weighted by Gasteiger charge is 2.38. The number of rotatable bonds is 4. The predicted molar refractivity (Wildman–Crippen MR) is 70.4 cm³/mol. The molecule has 5 heteroatoms. The second kappa shape index (κ2) is 4.48. The third kappa shape index (κ3) is 2.39. The Morgan fingerprint density at radius 2 is 2.22 bits per heavy atom. The lowest BCUT2D eigenvalue weighted by Gasteiger charge is -2.27. The summed E-state index contributed by atoms with van der Waals surface area (Å²) in [6.07, 6.45) is 4.00. The van der Waals surface area contributed by atoms with Crippen molar-refractivity contribution in [2.24, 2.45) is 5.92 Å². The lowest BCUT2D eigenvalue weighted by Crippen LogP contribution is -2.34. The molecule has 1 heterocycles. The number of esters is 1. The van der Waals surface area contributed by atoms with Crippen molar-refractivity contribution < 1.29 is 9.53 Å². The van der Waals surface area contributed by atoms with Gasteiger partial charge in [0.15, 0.2) is 0 Å². The molecule has 0 aliphatic heterocycles. The summed E-state index contributed by atoms with van der Waals surface area (Å²) in [5.41, 5.74) is 6.60. The van der Waals surface area contributed by atoms with Gasteiger partial charge >= 0.3 is 5.97 Å². The van der Waals surface area contributed by atoms with Gasteiger partial charge in [-0.05, 0) is 38.7 Å². The Bertz CT molecular complexity index is 467. The zero-order chi connectivity index (χ0) is 13.3. The quantitative estimate of drug-likeness (QED) is 0.798. The van der Waals surface area contributed by atoms with Crippen molar-refractivity contribution in [2.45, 2.75) is 32.2 Å². The van der Waals surface area contributed by atoms with Crippen LogP contribution in [0.4, 0.5) is 11.5 Å². The minimum absolute atomic E-state index is 0.0597. The van der Waals surface area contributed by atoms with E-state index in [0.29, 0.717) is 23.0 Å². The Morgan fingerprint density at radius 3 is 2.78 bits per heavy atom. The van der Waals surface area contributed by atoms with E-state index in [1.54, 1.807) is 12.3 Å². The molecule has 1 aromatic heterocycles. The van der Waals surface area contributed by atoms with Gasteiger partial charge in [-0.1, -0.05) is 0 Å². The number of nitrogens with one attached hydrogen (secondary N) is 1. The first-order chi connectivity index (χ1) is 8.45. The highest BCUT2D eigenvalue weighted by Crippen LogP contribution is 2.41. The molecule has 98 valence electrons. The molecule has 0 aromatic carbocycles. The number of hydrogen-bond donors (Lipinski definition) is 2. The molecule has 3 N–H and O–H groups in total. The third-order valence-electron chi connectivity index (χ3n) is 3.43. The van der Waals surface area contributed by atoms with E-state index in [1.807, 2.05) is 0 Å². The summed E-state index contributed by atoms with van der Waals surface area (Å²) in [5, 5.41) is 3.32. The largest absolute Gasteiger partial charge is 0.465 e. The summed E-state index contributed by atoms with van der Waals surface area (Å²) >= 11 is 0. The van der Waals surface area contributed by atoms with Gasteiger partial charge in [0.05, 0.1) is 18.4 Å². The van der Waals surface area contributed by atoms with Gasteiger partial charge in [-0.15, -0.1) is 0 Å². The number of carbonyl (C=O) groups is 1. The van der Waals surface area contributed by atoms with Crippen LogP contribution >= 0.6 is 0 Å². The Balaban J connectivity index is 2.25. The van der Waals surface area contributed by atoms with Crippen molar-refractivity contribution in [1.82, 2.24) is 4.98 Å². The fourth-order valence-electron chi connectivity index (χ4n) is 2.07. The molecule has 0 saturated heterocycles. The molecule has 1 aliphatic rings. The molecule has 18 heavy (non-hydrogen) atoms. The molecule has 1 aromatic rings. The van der Waals surface area contributed by atoms with Gasteiger partial charge in [0.25, 0.3) is 0 Å². The smallest absolute Gasteiger partial charge is 0.340 e. The van der Waals surface area contributed by atoms with E-state index in [9.17, 15) is 4.79 Å². The van der Waals surface area contributed by atoms with E-state index < -0.39 is 5.97 Å². The molecule has 0 amide bonds. The highest BCUT2D eigenvalue weighted by atomic mass is 16.5. The van der Waals surface area contributed by atoms with Crippen LogP contribution in [0, 0.1) is 5.92 Å². The van der Waals surface area contributed by atoms with Crippen LogP contribution in [0.1, 0.15) is 37.0 Å². The van der Waals surface area contributed by atoms with Gasteiger partial charge in [0.2, 0.25) is 0 Å². The number of carbonyl (C=O) groups excluding carboxylic acids is 1. The minimum atomic E-state index is -0.442. The third-order valence-corrected chi connectivity index (χ3v) is 3.43. The molecule has 2 rings (SSSR count).